The van der Waals surface area contributed by atoms with Crippen molar-refractivity contribution >= 4 is 0 Å². The minimum Gasteiger partial charge on any atom is -0.374 e. The van der Waals surface area contributed by atoms with Crippen molar-refractivity contribution in [1.29, 1.82) is 0 Å². The zero-order valence-electron chi connectivity index (χ0n) is 19.1. The summed E-state index contributed by atoms with van der Waals surface area (Å²) in [7, 11) is 0. The van der Waals surface area contributed by atoms with Crippen LogP contribution in [0.2, 0.25) is 0 Å². The van der Waals surface area contributed by atoms with Gasteiger partial charge in [0, 0.05) is 11.5 Å². The van der Waals surface area contributed by atoms with E-state index < -0.39 is 11.6 Å². The van der Waals surface area contributed by atoms with Gasteiger partial charge in [-0.3, -0.25) is 0 Å². The molecule has 3 aromatic carbocycles. The Kier molecular flexibility index (Phi) is 7.34. The minimum absolute atomic E-state index is 0.0523. The standard InChI is InChI=1S/C29H29F3O/c1-3-5-21-12-16-26(29(32)28(21)31)20-9-7-19(8-10-20)22-13-15-25(27(30)17-22)23-11-14-24(6-4-2)33-18-23/h4,6-10,12-13,15-17,23-24H,3,5,11,14,18H2,1-2H3/b6-4+. The Bertz CT molecular complexity index is 1130. The van der Waals surface area contributed by atoms with E-state index in [1.165, 1.54) is 0 Å². The van der Waals surface area contributed by atoms with Gasteiger partial charge < -0.3 is 4.74 Å². The van der Waals surface area contributed by atoms with Crippen LogP contribution in [0.15, 0.2) is 66.7 Å². The summed E-state index contributed by atoms with van der Waals surface area (Å²) in [6.07, 6.45) is 7.18. The molecule has 33 heavy (non-hydrogen) atoms. The topological polar surface area (TPSA) is 9.23 Å². The minimum atomic E-state index is -0.824. The van der Waals surface area contributed by atoms with Crippen LogP contribution >= 0.6 is 0 Å². The molecule has 0 aromatic heterocycles. The van der Waals surface area contributed by atoms with E-state index in [1.54, 1.807) is 30.3 Å². The number of aryl methyl sites for hydroxylation is 1. The molecular weight excluding hydrogens is 421 g/mol. The molecule has 0 amide bonds. The summed E-state index contributed by atoms with van der Waals surface area (Å²) in [4.78, 5) is 0. The molecule has 4 rings (SSSR count). The normalized spacial score (nSPS) is 18.7. The van der Waals surface area contributed by atoms with Gasteiger partial charge in [-0.25, -0.2) is 13.2 Å². The highest BCUT2D eigenvalue weighted by molar-refractivity contribution is 5.71. The molecule has 0 radical (unpaired) electrons. The molecule has 172 valence electrons. The van der Waals surface area contributed by atoms with E-state index in [9.17, 15) is 13.2 Å². The fourth-order valence-corrected chi connectivity index (χ4v) is 4.54. The van der Waals surface area contributed by atoms with Crippen molar-refractivity contribution in [1.82, 2.24) is 0 Å². The fraction of sp³-hybridized carbons (Fsp3) is 0.310. The van der Waals surface area contributed by atoms with Gasteiger partial charge in [0.15, 0.2) is 11.6 Å². The Balaban J connectivity index is 1.52. The lowest BCUT2D eigenvalue weighted by atomic mass is 9.89. The molecular formula is C29H29F3O. The van der Waals surface area contributed by atoms with Crippen molar-refractivity contribution in [3.63, 3.8) is 0 Å². The first-order chi connectivity index (χ1) is 16.0. The summed E-state index contributed by atoms with van der Waals surface area (Å²) in [6.45, 7) is 4.42. The Morgan fingerprint density at radius 1 is 0.879 bits per heavy atom. The largest absolute Gasteiger partial charge is 0.374 e. The van der Waals surface area contributed by atoms with Crippen LogP contribution in [0.1, 0.15) is 50.2 Å². The summed E-state index contributed by atoms with van der Waals surface area (Å²) in [5.41, 5.74) is 3.46. The number of hydrogen-bond donors (Lipinski definition) is 0. The first-order valence-electron chi connectivity index (χ1n) is 11.6. The van der Waals surface area contributed by atoms with Gasteiger partial charge in [-0.15, -0.1) is 0 Å². The highest BCUT2D eigenvalue weighted by atomic mass is 19.2. The second-order valence-electron chi connectivity index (χ2n) is 8.64. The maximum atomic E-state index is 14.9. The average molecular weight is 451 g/mol. The van der Waals surface area contributed by atoms with Crippen LogP contribution < -0.4 is 0 Å². The molecule has 1 fully saturated rings. The summed E-state index contributed by atoms with van der Waals surface area (Å²) >= 11 is 0. The zero-order chi connectivity index (χ0) is 23.4. The molecule has 3 aromatic rings. The van der Waals surface area contributed by atoms with Gasteiger partial charge in [0.2, 0.25) is 0 Å². The van der Waals surface area contributed by atoms with Crippen molar-refractivity contribution in [3.8, 4) is 22.3 Å². The molecule has 4 heteroatoms. The number of allylic oxidation sites excluding steroid dienone is 1. The van der Waals surface area contributed by atoms with Crippen LogP contribution in [0.25, 0.3) is 22.3 Å². The average Bonchev–Trinajstić information content (AvgIpc) is 2.83. The SMILES string of the molecule is C/C=C/C1CCC(c2ccc(-c3ccc(-c4ccc(CCC)c(F)c4F)cc3)cc2F)CO1. The summed E-state index contributed by atoms with van der Waals surface area (Å²) < 4.78 is 49.7. The van der Waals surface area contributed by atoms with Gasteiger partial charge in [-0.2, -0.15) is 0 Å². The maximum Gasteiger partial charge on any atom is 0.166 e. The smallest absolute Gasteiger partial charge is 0.166 e. The predicted molar refractivity (Wildman–Crippen MR) is 128 cm³/mol. The molecule has 2 unspecified atom stereocenters. The number of benzene rings is 3. The van der Waals surface area contributed by atoms with Gasteiger partial charge in [0.05, 0.1) is 12.7 Å². The van der Waals surface area contributed by atoms with E-state index >= 15 is 0 Å². The number of hydrogen-bond acceptors (Lipinski definition) is 1. The van der Waals surface area contributed by atoms with E-state index in [0.717, 1.165) is 30.4 Å². The molecule has 0 aliphatic carbocycles. The lowest BCUT2D eigenvalue weighted by molar-refractivity contribution is 0.0319. The first kappa shape index (κ1) is 23.3. The zero-order valence-corrected chi connectivity index (χ0v) is 19.1. The van der Waals surface area contributed by atoms with Gasteiger partial charge in [-0.05, 0) is 60.1 Å². The van der Waals surface area contributed by atoms with E-state index in [-0.39, 0.29) is 23.4 Å². The number of ether oxygens (including phenoxy) is 1. The Hall–Kier alpha value is -2.85. The quantitative estimate of drug-likeness (QED) is 0.344. The molecule has 1 aliphatic rings. The highest BCUT2D eigenvalue weighted by Gasteiger charge is 2.24. The van der Waals surface area contributed by atoms with E-state index in [2.05, 4.69) is 0 Å². The molecule has 1 heterocycles. The molecule has 0 saturated carbocycles. The molecule has 0 bridgehead atoms. The second kappa shape index (κ2) is 10.4. The maximum absolute atomic E-state index is 14.9. The molecule has 2 atom stereocenters. The Morgan fingerprint density at radius 2 is 1.61 bits per heavy atom. The van der Waals surface area contributed by atoms with Gasteiger partial charge in [0.1, 0.15) is 5.82 Å². The van der Waals surface area contributed by atoms with Gasteiger partial charge in [0.25, 0.3) is 0 Å². The third-order valence-electron chi connectivity index (χ3n) is 6.37. The predicted octanol–water partition coefficient (Wildman–Crippen LogP) is 8.23. The second-order valence-corrected chi connectivity index (χ2v) is 8.64. The Labute approximate surface area is 193 Å². The van der Waals surface area contributed by atoms with E-state index in [4.69, 9.17) is 4.74 Å². The first-order valence-corrected chi connectivity index (χ1v) is 11.6. The summed E-state index contributed by atoms with van der Waals surface area (Å²) in [5.74, 6) is -1.79. The molecule has 1 saturated heterocycles. The van der Waals surface area contributed by atoms with Crippen LogP contribution in [0, 0.1) is 17.5 Å². The lowest BCUT2D eigenvalue weighted by Crippen LogP contribution is -2.23. The molecule has 0 spiro atoms. The van der Waals surface area contributed by atoms with Gasteiger partial charge in [-0.1, -0.05) is 74.0 Å². The summed E-state index contributed by atoms with van der Waals surface area (Å²) in [6, 6.07) is 15.7. The van der Waals surface area contributed by atoms with Crippen LogP contribution in [-0.4, -0.2) is 12.7 Å². The molecule has 1 aliphatic heterocycles. The summed E-state index contributed by atoms with van der Waals surface area (Å²) in [5, 5.41) is 0. The Morgan fingerprint density at radius 3 is 2.24 bits per heavy atom. The van der Waals surface area contributed by atoms with Crippen LogP contribution in [-0.2, 0) is 11.2 Å². The monoisotopic (exact) mass is 450 g/mol. The van der Waals surface area contributed by atoms with E-state index in [0.29, 0.717) is 29.7 Å². The number of rotatable bonds is 6. The highest BCUT2D eigenvalue weighted by Crippen LogP contribution is 2.33. The molecule has 1 nitrogen and oxygen atoms in total. The fourth-order valence-electron chi connectivity index (χ4n) is 4.54. The van der Waals surface area contributed by atoms with Crippen molar-refractivity contribution in [2.24, 2.45) is 0 Å². The van der Waals surface area contributed by atoms with Crippen LogP contribution in [0.5, 0.6) is 0 Å². The van der Waals surface area contributed by atoms with Crippen molar-refractivity contribution < 1.29 is 17.9 Å². The van der Waals surface area contributed by atoms with E-state index in [1.807, 2.05) is 50.3 Å². The van der Waals surface area contributed by atoms with Crippen molar-refractivity contribution in [2.45, 2.75) is 51.6 Å². The molecule has 0 N–H and O–H groups in total. The van der Waals surface area contributed by atoms with Crippen LogP contribution in [0.4, 0.5) is 13.2 Å². The van der Waals surface area contributed by atoms with Crippen molar-refractivity contribution in [3.05, 3.63) is 95.3 Å². The lowest BCUT2D eigenvalue weighted by Gasteiger charge is -2.28. The third kappa shape index (κ3) is 5.06. The van der Waals surface area contributed by atoms with Crippen LogP contribution in [0.3, 0.4) is 0 Å². The number of halogens is 3. The van der Waals surface area contributed by atoms with Crippen molar-refractivity contribution in [2.75, 3.05) is 6.61 Å². The third-order valence-corrected chi connectivity index (χ3v) is 6.37. The van der Waals surface area contributed by atoms with Gasteiger partial charge >= 0.3 is 0 Å².